The number of carbonyl (C=O) groups is 2. The molecular formula is C31H40BrN5O3. The number of ketones is 1. The van der Waals surface area contributed by atoms with Gasteiger partial charge in [-0.25, -0.2) is 9.78 Å². The van der Waals surface area contributed by atoms with Gasteiger partial charge in [0.1, 0.15) is 11.4 Å². The molecule has 0 spiro atoms. The number of halogens is 1. The summed E-state index contributed by atoms with van der Waals surface area (Å²) in [6, 6.07) is 9.74. The minimum atomic E-state index is -0.543. The summed E-state index contributed by atoms with van der Waals surface area (Å²) in [5.74, 6) is 0.860. The molecule has 40 heavy (non-hydrogen) atoms. The van der Waals surface area contributed by atoms with Crippen LogP contribution in [0.15, 0.2) is 47.2 Å². The second-order valence-corrected chi connectivity index (χ2v) is 13.2. The van der Waals surface area contributed by atoms with Crippen molar-refractivity contribution in [3.8, 4) is 0 Å². The maximum absolute atomic E-state index is 12.7. The standard InChI is InChI=1S/C31H40BrN5O3/c1-7-26(38)24-17-33-25-12-10-20(32)15-23(25)28(24)35-21-11-13-27(34-16-21)37-14-8-9-22(18-37)36-29(39)40-31(5,6)19-30(2,3)4/h10-13,15-17,22H,7-9,14,18-19H2,1-6H3,(H,33,35)(H,36,39). The molecule has 1 saturated heterocycles. The molecule has 0 saturated carbocycles. The summed E-state index contributed by atoms with van der Waals surface area (Å²) in [7, 11) is 0. The van der Waals surface area contributed by atoms with Crippen LogP contribution in [0.5, 0.6) is 0 Å². The fourth-order valence-electron chi connectivity index (χ4n) is 5.56. The zero-order valence-corrected chi connectivity index (χ0v) is 25.9. The van der Waals surface area contributed by atoms with E-state index in [4.69, 9.17) is 9.72 Å². The molecule has 1 unspecified atom stereocenters. The fraction of sp³-hybridized carbons (Fsp3) is 0.484. The van der Waals surface area contributed by atoms with Crippen molar-refractivity contribution in [2.45, 2.75) is 78.9 Å². The molecule has 2 aromatic heterocycles. The zero-order chi connectivity index (χ0) is 29.1. The lowest BCUT2D eigenvalue weighted by Crippen LogP contribution is -2.49. The van der Waals surface area contributed by atoms with Gasteiger partial charge in [-0.1, -0.05) is 43.6 Å². The van der Waals surface area contributed by atoms with Gasteiger partial charge in [0.05, 0.1) is 28.7 Å². The average Bonchev–Trinajstić information content (AvgIpc) is 2.87. The van der Waals surface area contributed by atoms with Crippen molar-refractivity contribution in [1.82, 2.24) is 15.3 Å². The van der Waals surface area contributed by atoms with E-state index in [2.05, 4.69) is 57.2 Å². The van der Waals surface area contributed by atoms with Gasteiger partial charge in [-0.05, 0) is 68.9 Å². The number of alkyl carbamates (subject to hydrolysis) is 1. The van der Waals surface area contributed by atoms with Crippen LogP contribution in [-0.2, 0) is 4.74 Å². The maximum Gasteiger partial charge on any atom is 0.407 e. The fourth-order valence-corrected chi connectivity index (χ4v) is 5.92. The van der Waals surface area contributed by atoms with Gasteiger partial charge in [0.25, 0.3) is 0 Å². The van der Waals surface area contributed by atoms with E-state index in [1.807, 2.05) is 51.1 Å². The summed E-state index contributed by atoms with van der Waals surface area (Å²) in [4.78, 5) is 36.8. The summed E-state index contributed by atoms with van der Waals surface area (Å²) in [5, 5.41) is 7.35. The predicted octanol–water partition coefficient (Wildman–Crippen LogP) is 7.64. The molecule has 1 aliphatic heterocycles. The van der Waals surface area contributed by atoms with Crippen LogP contribution in [0.2, 0.25) is 0 Å². The van der Waals surface area contributed by atoms with E-state index in [1.54, 1.807) is 12.4 Å². The molecule has 214 valence electrons. The molecule has 1 aromatic carbocycles. The van der Waals surface area contributed by atoms with E-state index >= 15 is 0 Å². The molecule has 8 nitrogen and oxygen atoms in total. The molecule has 9 heteroatoms. The second-order valence-electron chi connectivity index (χ2n) is 12.3. The molecule has 0 aliphatic carbocycles. The van der Waals surface area contributed by atoms with Gasteiger partial charge < -0.3 is 20.3 Å². The van der Waals surface area contributed by atoms with Crippen molar-refractivity contribution >= 4 is 55.9 Å². The SMILES string of the molecule is CCC(=O)c1cnc2ccc(Br)cc2c1Nc1ccc(N2CCCC(NC(=O)OC(C)(C)CC(C)(C)C)C2)nc1. The van der Waals surface area contributed by atoms with Crippen LogP contribution < -0.4 is 15.5 Å². The number of hydrogen-bond acceptors (Lipinski definition) is 7. The molecule has 4 rings (SSSR count). The number of aromatic nitrogens is 2. The summed E-state index contributed by atoms with van der Waals surface area (Å²) in [6.45, 7) is 13.7. The van der Waals surface area contributed by atoms with Gasteiger partial charge in [0.15, 0.2) is 5.78 Å². The van der Waals surface area contributed by atoms with Crippen molar-refractivity contribution in [3.05, 3.63) is 52.8 Å². The number of benzene rings is 1. The highest BCUT2D eigenvalue weighted by molar-refractivity contribution is 9.10. The Hall–Kier alpha value is -3.20. The number of piperidine rings is 1. The van der Waals surface area contributed by atoms with E-state index in [0.29, 0.717) is 18.5 Å². The molecule has 1 amide bonds. The van der Waals surface area contributed by atoms with Crippen LogP contribution in [-0.4, -0.2) is 46.6 Å². The Morgan fingerprint density at radius 1 is 1.10 bits per heavy atom. The van der Waals surface area contributed by atoms with E-state index in [-0.39, 0.29) is 23.3 Å². The van der Waals surface area contributed by atoms with Crippen molar-refractivity contribution in [1.29, 1.82) is 0 Å². The zero-order valence-electron chi connectivity index (χ0n) is 24.3. The largest absolute Gasteiger partial charge is 0.444 e. The van der Waals surface area contributed by atoms with Crippen molar-refractivity contribution in [2.24, 2.45) is 5.41 Å². The van der Waals surface area contributed by atoms with Gasteiger partial charge in [-0.2, -0.15) is 0 Å². The monoisotopic (exact) mass is 609 g/mol. The van der Waals surface area contributed by atoms with Crippen LogP contribution >= 0.6 is 15.9 Å². The first-order chi connectivity index (χ1) is 18.8. The third-order valence-corrected chi connectivity index (χ3v) is 7.35. The van der Waals surface area contributed by atoms with E-state index in [1.165, 1.54) is 0 Å². The number of nitrogens with one attached hydrogen (secondary N) is 2. The lowest BCUT2D eigenvalue weighted by atomic mass is 9.84. The third kappa shape index (κ3) is 7.71. The Bertz CT molecular complexity index is 1370. The van der Waals surface area contributed by atoms with Gasteiger partial charge in [-0.15, -0.1) is 0 Å². The van der Waals surface area contributed by atoms with Gasteiger partial charge in [0.2, 0.25) is 0 Å². The van der Waals surface area contributed by atoms with E-state index in [0.717, 1.165) is 58.4 Å². The smallest absolute Gasteiger partial charge is 0.407 e. The highest BCUT2D eigenvalue weighted by Crippen LogP contribution is 2.33. The summed E-state index contributed by atoms with van der Waals surface area (Å²) in [5.41, 5.74) is 2.38. The minimum Gasteiger partial charge on any atom is -0.444 e. The molecule has 3 heterocycles. The Kier molecular flexibility index (Phi) is 9.02. The maximum atomic E-state index is 12.7. The molecule has 3 aromatic rings. The molecule has 1 aliphatic rings. The Labute approximate surface area is 245 Å². The van der Waals surface area contributed by atoms with Gasteiger partial charge in [-0.3, -0.25) is 9.78 Å². The normalized spacial score (nSPS) is 16.1. The number of nitrogens with zero attached hydrogens (tertiary/aromatic N) is 3. The number of anilines is 3. The highest BCUT2D eigenvalue weighted by Gasteiger charge is 2.31. The van der Waals surface area contributed by atoms with Crippen molar-refractivity contribution < 1.29 is 14.3 Å². The summed E-state index contributed by atoms with van der Waals surface area (Å²) in [6.07, 6.45) is 6.04. The Morgan fingerprint density at radius 3 is 2.55 bits per heavy atom. The Morgan fingerprint density at radius 2 is 1.88 bits per heavy atom. The van der Waals surface area contributed by atoms with Crippen LogP contribution in [0.1, 0.15) is 77.6 Å². The first-order valence-electron chi connectivity index (χ1n) is 13.9. The van der Waals surface area contributed by atoms with Crippen LogP contribution in [0.4, 0.5) is 22.0 Å². The summed E-state index contributed by atoms with van der Waals surface area (Å²) >= 11 is 3.54. The van der Waals surface area contributed by atoms with Crippen LogP contribution in [0.3, 0.4) is 0 Å². The number of carbonyl (C=O) groups excluding carboxylic acids is 2. The summed E-state index contributed by atoms with van der Waals surface area (Å²) < 4.78 is 6.69. The molecule has 1 atom stereocenters. The van der Waals surface area contributed by atoms with Crippen LogP contribution in [0.25, 0.3) is 10.9 Å². The lowest BCUT2D eigenvalue weighted by Gasteiger charge is -2.36. The first kappa shape index (κ1) is 29.8. The number of amides is 1. The van der Waals surface area contributed by atoms with Crippen molar-refractivity contribution in [3.63, 3.8) is 0 Å². The molecular weight excluding hydrogens is 570 g/mol. The predicted molar refractivity (Wildman–Crippen MR) is 165 cm³/mol. The number of Topliss-reactive ketones (excluding diaryl/α,β-unsaturated/α-hetero) is 1. The number of rotatable bonds is 8. The number of fused-ring (bicyclic) bond motifs is 1. The molecule has 2 N–H and O–H groups in total. The molecule has 0 bridgehead atoms. The van der Waals surface area contributed by atoms with E-state index in [9.17, 15) is 9.59 Å². The first-order valence-corrected chi connectivity index (χ1v) is 14.7. The molecule has 1 fully saturated rings. The number of ether oxygens (including phenoxy) is 1. The third-order valence-electron chi connectivity index (χ3n) is 6.86. The number of pyridine rings is 2. The minimum absolute atomic E-state index is 0.0180. The van der Waals surface area contributed by atoms with E-state index < -0.39 is 5.60 Å². The average molecular weight is 611 g/mol. The topological polar surface area (TPSA) is 96.5 Å². The lowest BCUT2D eigenvalue weighted by molar-refractivity contribution is 0.00837. The second kappa shape index (κ2) is 12.1. The van der Waals surface area contributed by atoms with Gasteiger partial charge >= 0.3 is 6.09 Å². The van der Waals surface area contributed by atoms with Crippen molar-refractivity contribution in [2.75, 3.05) is 23.3 Å². The molecule has 0 radical (unpaired) electrons. The van der Waals surface area contributed by atoms with Crippen LogP contribution in [0, 0.1) is 5.41 Å². The quantitative estimate of drug-likeness (QED) is 0.253. The highest BCUT2D eigenvalue weighted by atomic mass is 79.9. The number of hydrogen-bond donors (Lipinski definition) is 2. The Balaban J connectivity index is 1.45. The van der Waals surface area contributed by atoms with Gasteiger partial charge in [0, 0.05) is 41.6 Å².